The van der Waals surface area contributed by atoms with E-state index in [-0.39, 0.29) is 16.0 Å². The largest absolute Gasteiger partial charge is 0.379 e. The Bertz CT molecular complexity index is 653. The SMILES string of the molecule is CCCC1(CNc2ccc(S(N)(=O)=O)cc2[N+](=O)[O-])CC1. The number of nitrogens with two attached hydrogens (primary N) is 1. The molecule has 0 bridgehead atoms. The second-order valence-electron chi connectivity index (χ2n) is 5.58. The zero-order chi connectivity index (χ0) is 15.7. The molecule has 0 heterocycles. The van der Waals surface area contributed by atoms with E-state index < -0.39 is 14.9 Å². The zero-order valence-electron chi connectivity index (χ0n) is 11.8. The van der Waals surface area contributed by atoms with E-state index in [1.54, 1.807) is 0 Å². The van der Waals surface area contributed by atoms with Gasteiger partial charge in [0.05, 0.1) is 9.82 Å². The van der Waals surface area contributed by atoms with Crippen molar-refractivity contribution in [1.29, 1.82) is 0 Å². The van der Waals surface area contributed by atoms with Crippen LogP contribution in [0.1, 0.15) is 32.6 Å². The summed E-state index contributed by atoms with van der Waals surface area (Å²) >= 11 is 0. The topological polar surface area (TPSA) is 115 Å². The molecule has 8 heteroatoms. The van der Waals surface area contributed by atoms with Crippen molar-refractivity contribution in [2.75, 3.05) is 11.9 Å². The first-order valence-electron chi connectivity index (χ1n) is 6.82. The summed E-state index contributed by atoms with van der Waals surface area (Å²) in [6, 6.07) is 3.68. The number of hydrogen-bond acceptors (Lipinski definition) is 5. The van der Waals surface area contributed by atoms with Gasteiger partial charge < -0.3 is 5.32 Å². The van der Waals surface area contributed by atoms with Crippen molar-refractivity contribution >= 4 is 21.4 Å². The van der Waals surface area contributed by atoms with E-state index in [9.17, 15) is 18.5 Å². The van der Waals surface area contributed by atoms with Crippen molar-refractivity contribution in [2.24, 2.45) is 10.6 Å². The number of nitro benzene ring substituents is 1. The van der Waals surface area contributed by atoms with Gasteiger partial charge in [0.25, 0.3) is 5.69 Å². The predicted octanol–water partition coefficient (Wildman–Crippen LogP) is 2.23. The van der Waals surface area contributed by atoms with Crippen LogP contribution in [0, 0.1) is 15.5 Å². The lowest BCUT2D eigenvalue weighted by Crippen LogP contribution is -2.17. The summed E-state index contributed by atoms with van der Waals surface area (Å²) in [6.45, 7) is 2.78. The lowest BCUT2D eigenvalue weighted by atomic mass is 10.0. The lowest BCUT2D eigenvalue weighted by Gasteiger charge is -2.16. The fourth-order valence-corrected chi connectivity index (χ4v) is 3.03. The maximum Gasteiger partial charge on any atom is 0.293 e. The van der Waals surface area contributed by atoms with Crippen LogP contribution in [0.5, 0.6) is 0 Å². The number of sulfonamides is 1. The Morgan fingerprint density at radius 2 is 2.10 bits per heavy atom. The molecule has 0 aromatic heterocycles. The number of rotatable bonds is 7. The van der Waals surface area contributed by atoms with Gasteiger partial charge in [0.2, 0.25) is 10.0 Å². The first-order valence-corrected chi connectivity index (χ1v) is 8.37. The molecule has 0 radical (unpaired) electrons. The molecule has 0 spiro atoms. The van der Waals surface area contributed by atoms with Crippen LogP contribution in [-0.4, -0.2) is 19.9 Å². The lowest BCUT2D eigenvalue weighted by molar-refractivity contribution is -0.384. The van der Waals surface area contributed by atoms with Crippen molar-refractivity contribution in [3.8, 4) is 0 Å². The van der Waals surface area contributed by atoms with Gasteiger partial charge in [-0.1, -0.05) is 13.3 Å². The second kappa shape index (κ2) is 5.61. The molecule has 0 unspecified atom stereocenters. The van der Waals surface area contributed by atoms with E-state index >= 15 is 0 Å². The van der Waals surface area contributed by atoms with Crippen molar-refractivity contribution < 1.29 is 13.3 Å². The van der Waals surface area contributed by atoms with Crippen molar-refractivity contribution in [3.63, 3.8) is 0 Å². The number of anilines is 1. The third kappa shape index (κ3) is 3.70. The fourth-order valence-electron chi connectivity index (χ4n) is 2.49. The molecule has 1 aromatic carbocycles. The highest BCUT2D eigenvalue weighted by molar-refractivity contribution is 7.89. The van der Waals surface area contributed by atoms with Crippen LogP contribution in [0.25, 0.3) is 0 Å². The summed E-state index contributed by atoms with van der Waals surface area (Å²) in [7, 11) is -3.95. The molecule has 1 aliphatic rings. The Morgan fingerprint density at radius 1 is 1.43 bits per heavy atom. The number of nitrogens with zero attached hydrogens (tertiary/aromatic N) is 1. The van der Waals surface area contributed by atoms with E-state index in [1.165, 1.54) is 12.1 Å². The van der Waals surface area contributed by atoms with Crippen LogP contribution in [0.15, 0.2) is 23.1 Å². The summed E-state index contributed by atoms with van der Waals surface area (Å²) in [4.78, 5) is 10.2. The number of benzene rings is 1. The fraction of sp³-hybridized carbons (Fsp3) is 0.538. The Labute approximate surface area is 123 Å². The van der Waals surface area contributed by atoms with Gasteiger partial charge in [-0.25, -0.2) is 13.6 Å². The zero-order valence-corrected chi connectivity index (χ0v) is 12.6. The van der Waals surface area contributed by atoms with E-state index in [2.05, 4.69) is 12.2 Å². The Hall–Kier alpha value is -1.67. The molecule has 0 saturated heterocycles. The van der Waals surface area contributed by atoms with Crippen LogP contribution in [0.4, 0.5) is 11.4 Å². The molecule has 0 atom stereocenters. The number of nitro groups is 1. The summed E-state index contributed by atoms with van der Waals surface area (Å²) < 4.78 is 22.5. The van der Waals surface area contributed by atoms with Crippen molar-refractivity contribution in [1.82, 2.24) is 0 Å². The van der Waals surface area contributed by atoms with Gasteiger partial charge in [-0.3, -0.25) is 10.1 Å². The first-order chi connectivity index (χ1) is 9.77. The summed E-state index contributed by atoms with van der Waals surface area (Å²) in [5.41, 5.74) is 0.296. The molecule has 3 N–H and O–H groups in total. The summed E-state index contributed by atoms with van der Waals surface area (Å²) in [6.07, 6.45) is 4.41. The molecular formula is C13H19N3O4S. The van der Waals surface area contributed by atoms with Gasteiger partial charge >= 0.3 is 0 Å². The molecule has 1 fully saturated rings. The maximum absolute atomic E-state index is 11.3. The monoisotopic (exact) mass is 313 g/mol. The van der Waals surface area contributed by atoms with Crippen LogP contribution in [-0.2, 0) is 10.0 Å². The average Bonchev–Trinajstić information content (AvgIpc) is 3.15. The summed E-state index contributed by atoms with van der Waals surface area (Å²) in [5, 5.41) is 19.2. The van der Waals surface area contributed by atoms with Gasteiger partial charge in [0.1, 0.15) is 5.69 Å². The molecule has 1 saturated carbocycles. The normalized spacial score (nSPS) is 16.5. The second-order valence-corrected chi connectivity index (χ2v) is 7.15. The Balaban J connectivity index is 2.21. The smallest absolute Gasteiger partial charge is 0.293 e. The third-order valence-electron chi connectivity index (χ3n) is 3.89. The van der Waals surface area contributed by atoms with Crippen molar-refractivity contribution in [3.05, 3.63) is 28.3 Å². The van der Waals surface area contributed by atoms with Gasteiger partial charge in [-0.15, -0.1) is 0 Å². The molecule has 21 heavy (non-hydrogen) atoms. The Kier molecular flexibility index (Phi) is 4.20. The van der Waals surface area contributed by atoms with Gasteiger partial charge in [-0.2, -0.15) is 0 Å². The standard InChI is InChI=1S/C13H19N3O4S/c1-2-5-13(6-7-13)9-15-11-4-3-10(21(14,19)20)8-12(11)16(17)18/h3-4,8,15H,2,5-7,9H2,1H3,(H2,14,19,20). The quantitative estimate of drug-likeness (QED) is 0.591. The van der Waals surface area contributed by atoms with Crippen LogP contribution < -0.4 is 10.5 Å². The number of primary sulfonamides is 1. The highest BCUT2D eigenvalue weighted by Crippen LogP contribution is 2.49. The molecule has 0 aliphatic heterocycles. The molecule has 7 nitrogen and oxygen atoms in total. The van der Waals surface area contributed by atoms with E-state index in [1.807, 2.05) is 0 Å². The number of nitrogens with one attached hydrogen (secondary N) is 1. The molecule has 1 aromatic rings. The molecule has 116 valence electrons. The van der Waals surface area contributed by atoms with E-state index in [0.29, 0.717) is 12.2 Å². The minimum absolute atomic E-state index is 0.237. The predicted molar refractivity (Wildman–Crippen MR) is 79.5 cm³/mol. The first kappa shape index (κ1) is 15.7. The molecule has 2 rings (SSSR count). The maximum atomic E-state index is 11.3. The highest BCUT2D eigenvalue weighted by Gasteiger charge is 2.41. The minimum atomic E-state index is -3.95. The van der Waals surface area contributed by atoms with Crippen molar-refractivity contribution in [2.45, 2.75) is 37.5 Å². The van der Waals surface area contributed by atoms with Crippen LogP contribution in [0.3, 0.4) is 0 Å². The molecule has 1 aliphatic carbocycles. The molecular weight excluding hydrogens is 294 g/mol. The summed E-state index contributed by atoms with van der Waals surface area (Å²) in [5.74, 6) is 0. The Morgan fingerprint density at radius 3 is 2.57 bits per heavy atom. The van der Waals surface area contributed by atoms with E-state index in [0.717, 1.165) is 31.7 Å². The van der Waals surface area contributed by atoms with Gasteiger partial charge in [0, 0.05) is 12.6 Å². The molecule has 0 amide bonds. The average molecular weight is 313 g/mol. The minimum Gasteiger partial charge on any atom is -0.379 e. The highest BCUT2D eigenvalue weighted by atomic mass is 32.2. The van der Waals surface area contributed by atoms with Gasteiger partial charge in [-0.05, 0) is 36.8 Å². The van der Waals surface area contributed by atoms with Crippen LogP contribution >= 0.6 is 0 Å². The number of hydrogen-bond donors (Lipinski definition) is 2. The third-order valence-corrected chi connectivity index (χ3v) is 4.80. The van der Waals surface area contributed by atoms with Crippen LogP contribution in [0.2, 0.25) is 0 Å². The van der Waals surface area contributed by atoms with E-state index in [4.69, 9.17) is 5.14 Å². The van der Waals surface area contributed by atoms with Gasteiger partial charge in [0.15, 0.2) is 0 Å².